The van der Waals surface area contributed by atoms with Crippen molar-refractivity contribution in [1.82, 2.24) is 15.0 Å². The zero-order valence-electron chi connectivity index (χ0n) is 14.1. The molecule has 0 unspecified atom stereocenters. The smallest absolute Gasteiger partial charge is 0.422 e. The highest BCUT2D eigenvalue weighted by molar-refractivity contribution is 6.32. The lowest BCUT2D eigenvalue weighted by Gasteiger charge is -2.17. The van der Waals surface area contributed by atoms with E-state index in [2.05, 4.69) is 20.2 Å². The molecule has 0 radical (unpaired) electrons. The Hall–Kier alpha value is -2.82. The van der Waals surface area contributed by atoms with Crippen molar-refractivity contribution in [3.63, 3.8) is 0 Å². The van der Waals surface area contributed by atoms with E-state index in [0.717, 1.165) is 17.2 Å². The molecule has 0 saturated heterocycles. The molecule has 0 atom stereocenters. The predicted molar refractivity (Wildman–Crippen MR) is 87.6 cm³/mol. The van der Waals surface area contributed by atoms with Crippen LogP contribution in [0.1, 0.15) is 16.1 Å². The van der Waals surface area contributed by atoms with E-state index in [1.807, 2.05) is 0 Å². The summed E-state index contributed by atoms with van der Waals surface area (Å²) in [7, 11) is 1.36. The lowest BCUT2D eigenvalue weighted by atomic mass is 10.2. The molecule has 2 amide bonds. The number of likely N-dealkylation sites (N-methyl/N-ethyl adjacent to an activating group) is 1. The fourth-order valence-corrected chi connectivity index (χ4v) is 2.13. The average molecular weight is 407 g/mol. The number of pyridine rings is 1. The Morgan fingerprint density at radius 3 is 2.63 bits per heavy atom. The number of alkyl halides is 3. The topological polar surface area (TPSA) is 97.6 Å². The van der Waals surface area contributed by atoms with E-state index >= 15 is 0 Å². The molecule has 12 heteroatoms. The first-order valence-electron chi connectivity index (χ1n) is 7.39. The molecule has 0 bridgehead atoms. The number of hydrogen-bond donors (Lipinski definition) is 1. The number of amides is 2. The van der Waals surface area contributed by atoms with Crippen molar-refractivity contribution in [3.8, 4) is 5.88 Å². The summed E-state index contributed by atoms with van der Waals surface area (Å²) in [6, 6.07) is 2.61. The molecule has 0 spiro atoms. The molecule has 27 heavy (non-hydrogen) atoms. The SMILES string of the molecule is Cc1cc(NC(=O)CN(C)C(=O)c2cnc(OCC(F)(F)F)c(Cl)c2)no1. The van der Waals surface area contributed by atoms with Crippen LogP contribution in [0.5, 0.6) is 5.88 Å². The molecule has 0 fully saturated rings. The number of carbonyl (C=O) groups is 2. The van der Waals surface area contributed by atoms with E-state index in [1.165, 1.54) is 13.1 Å². The molecular weight excluding hydrogens is 393 g/mol. The zero-order valence-corrected chi connectivity index (χ0v) is 14.9. The summed E-state index contributed by atoms with van der Waals surface area (Å²) < 4.78 is 45.7. The number of carbonyl (C=O) groups excluding carboxylic acids is 2. The van der Waals surface area contributed by atoms with Gasteiger partial charge in [-0.2, -0.15) is 13.2 Å². The molecule has 2 rings (SSSR count). The van der Waals surface area contributed by atoms with Crippen LogP contribution >= 0.6 is 11.6 Å². The van der Waals surface area contributed by atoms with Gasteiger partial charge < -0.3 is 19.5 Å². The minimum absolute atomic E-state index is 0.0214. The van der Waals surface area contributed by atoms with Crippen LogP contribution in [0.3, 0.4) is 0 Å². The maximum atomic E-state index is 12.3. The number of aryl methyl sites for hydroxylation is 1. The van der Waals surface area contributed by atoms with Crippen LogP contribution in [0.2, 0.25) is 5.02 Å². The van der Waals surface area contributed by atoms with Crippen LogP contribution in [-0.4, -0.2) is 53.2 Å². The number of rotatable bonds is 6. The van der Waals surface area contributed by atoms with Gasteiger partial charge in [-0.25, -0.2) is 4.98 Å². The summed E-state index contributed by atoms with van der Waals surface area (Å²) in [6.07, 6.45) is -3.54. The summed E-state index contributed by atoms with van der Waals surface area (Å²) in [6.45, 7) is -0.222. The second-order valence-corrected chi connectivity index (χ2v) is 5.85. The number of aromatic nitrogens is 2. The number of ether oxygens (including phenoxy) is 1. The second kappa shape index (κ2) is 8.25. The summed E-state index contributed by atoms with van der Waals surface area (Å²) in [5.41, 5.74) is -0.0214. The Labute approximate surface area is 156 Å². The van der Waals surface area contributed by atoms with E-state index in [-0.39, 0.29) is 22.9 Å². The highest BCUT2D eigenvalue weighted by atomic mass is 35.5. The number of nitrogens with zero attached hydrogens (tertiary/aromatic N) is 3. The van der Waals surface area contributed by atoms with E-state index in [0.29, 0.717) is 5.76 Å². The van der Waals surface area contributed by atoms with Gasteiger partial charge in [0.2, 0.25) is 11.8 Å². The van der Waals surface area contributed by atoms with Gasteiger partial charge in [0.25, 0.3) is 5.91 Å². The second-order valence-electron chi connectivity index (χ2n) is 5.45. The normalized spacial score (nSPS) is 11.2. The van der Waals surface area contributed by atoms with Crippen molar-refractivity contribution in [3.05, 3.63) is 34.7 Å². The molecule has 0 saturated carbocycles. The number of halogens is 4. The van der Waals surface area contributed by atoms with E-state index in [1.54, 1.807) is 6.92 Å². The average Bonchev–Trinajstić information content (AvgIpc) is 2.96. The molecule has 0 aliphatic carbocycles. The summed E-state index contributed by atoms with van der Waals surface area (Å²) in [4.78, 5) is 28.9. The van der Waals surface area contributed by atoms with Crippen LogP contribution in [0, 0.1) is 6.92 Å². The first-order chi connectivity index (χ1) is 12.5. The van der Waals surface area contributed by atoms with Gasteiger partial charge >= 0.3 is 6.18 Å². The Balaban J connectivity index is 1.97. The van der Waals surface area contributed by atoms with Crippen LogP contribution in [0.15, 0.2) is 22.9 Å². The van der Waals surface area contributed by atoms with Crippen molar-refractivity contribution in [1.29, 1.82) is 0 Å². The van der Waals surface area contributed by atoms with Crippen LogP contribution < -0.4 is 10.1 Å². The molecule has 8 nitrogen and oxygen atoms in total. The van der Waals surface area contributed by atoms with E-state index in [9.17, 15) is 22.8 Å². The Kier molecular flexibility index (Phi) is 6.26. The van der Waals surface area contributed by atoms with Crippen LogP contribution in [-0.2, 0) is 4.79 Å². The maximum absolute atomic E-state index is 12.3. The standard InChI is InChI=1S/C15H14ClF3N4O4/c1-8-3-11(22-27-8)21-12(24)6-23(2)14(25)9-4-10(16)13(20-5-9)26-7-15(17,18)19/h3-5H,6-7H2,1-2H3,(H,21,22,24). The van der Waals surface area contributed by atoms with Crippen LogP contribution in [0.25, 0.3) is 0 Å². The molecular formula is C15H14ClF3N4O4. The quantitative estimate of drug-likeness (QED) is 0.792. The fourth-order valence-electron chi connectivity index (χ4n) is 1.91. The highest BCUT2D eigenvalue weighted by Crippen LogP contribution is 2.25. The van der Waals surface area contributed by atoms with E-state index in [4.69, 9.17) is 16.1 Å². The lowest BCUT2D eigenvalue weighted by Crippen LogP contribution is -2.35. The molecule has 1 N–H and O–H groups in total. The third-order valence-corrected chi connectivity index (χ3v) is 3.32. The molecule has 0 aliphatic rings. The Morgan fingerprint density at radius 1 is 1.37 bits per heavy atom. The minimum Gasteiger partial charge on any atom is -0.467 e. The molecule has 2 aromatic heterocycles. The lowest BCUT2D eigenvalue weighted by molar-refractivity contribution is -0.154. The molecule has 0 aliphatic heterocycles. The largest absolute Gasteiger partial charge is 0.467 e. The minimum atomic E-state index is -4.55. The highest BCUT2D eigenvalue weighted by Gasteiger charge is 2.29. The van der Waals surface area contributed by atoms with Crippen molar-refractivity contribution in [2.75, 3.05) is 25.5 Å². The first-order valence-corrected chi connectivity index (χ1v) is 7.76. The van der Waals surface area contributed by atoms with Gasteiger partial charge in [0, 0.05) is 19.3 Å². The predicted octanol–water partition coefficient (Wildman–Crippen LogP) is 2.68. The molecule has 2 aromatic rings. The van der Waals surface area contributed by atoms with Gasteiger partial charge in [-0.1, -0.05) is 16.8 Å². The molecule has 2 heterocycles. The monoisotopic (exact) mass is 406 g/mol. The molecule has 146 valence electrons. The maximum Gasteiger partial charge on any atom is 0.422 e. The van der Waals surface area contributed by atoms with Crippen molar-refractivity contribution in [2.24, 2.45) is 0 Å². The summed E-state index contributed by atoms with van der Waals surface area (Å²) in [5.74, 6) is -0.883. The number of anilines is 1. The zero-order chi connectivity index (χ0) is 20.2. The van der Waals surface area contributed by atoms with Crippen molar-refractivity contribution >= 4 is 29.2 Å². The first kappa shape index (κ1) is 20.5. The van der Waals surface area contributed by atoms with Gasteiger partial charge in [0.05, 0.1) is 12.1 Å². The number of hydrogen-bond acceptors (Lipinski definition) is 6. The fraction of sp³-hybridized carbons (Fsp3) is 0.333. The third kappa shape index (κ3) is 6.13. The van der Waals surface area contributed by atoms with Crippen molar-refractivity contribution in [2.45, 2.75) is 13.1 Å². The summed E-state index contributed by atoms with van der Waals surface area (Å²) >= 11 is 5.80. The third-order valence-electron chi connectivity index (χ3n) is 3.05. The van der Waals surface area contributed by atoms with Gasteiger partial charge in [-0.3, -0.25) is 9.59 Å². The number of nitrogens with one attached hydrogen (secondary N) is 1. The van der Waals surface area contributed by atoms with E-state index < -0.39 is 30.5 Å². The Bertz CT molecular complexity index is 841. The van der Waals surface area contributed by atoms with Crippen molar-refractivity contribution < 1.29 is 32.0 Å². The van der Waals surface area contributed by atoms with Gasteiger partial charge in [0.15, 0.2) is 12.4 Å². The Morgan fingerprint density at radius 2 is 2.07 bits per heavy atom. The summed E-state index contributed by atoms with van der Waals surface area (Å²) in [5, 5.41) is 5.77. The van der Waals surface area contributed by atoms with Gasteiger partial charge in [-0.05, 0) is 13.0 Å². The van der Waals surface area contributed by atoms with Gasteiger partial charge in [0.1, 0.15) is 10.8 Å². The van der Waals surface area contributed by atoms with Crippen LogP contribution in [0.4, 0.5) is 19.0 Å². The van der Waals surface area contributed by atoms with Gasteiger partial charge in [-0.15, -0.1) is 0 Å². The molecule has 0 aromatic carbocycles.